The summed E-state index contributed by atoms with van der Waals surface area (Å²) < 4.78 is 5.52. The molecule has 1 heterocycles. The molecule has 0 spiro atoms. The number of anilines is 1. The third kappa shape index (κ3) is 6.65. The lowest BCUT2D eigenvalue weighted by atomic mass is 9.79. The van der Waals surface area contributed by atoms with Crippen molar-refractivity contribution in [1.82, 2.24) is 5.32 Å². The Labute approximate surface area is 194 Å². The van der Waals surface area contributed by atoms with Crippen LogP contribution in [0.5, 0.6) is 0 Å². The minimum Gasteiger partial charge on any atom is -0.459 e. The summed E-state index contributed by atoms with van der Waals surface area (Å²) in [5.74, 6) is -0.902. The number of ether oxygens (including phenoxy) is 1. The lowest BCUT2D eigenvalue weighted by Crippen LogP contribution is -2.41. The van der Waals surface area contributed by atoms with Crippen LogP contribution in [0.25, 0.3) is 0 Å². The number of aryl methyl sites for hydroxylation is 1. The third-order valence-electron chi connectivity index (χ3n) is 4.91. The van der Waals surface area contributed by atoms with Crippen LogP contribution in [0.2, 0.25) is 0 Å². The van der Waals surface area contributed by atoms with Gasteiger partial charge in [-0.15, -0.1) is 11.3 Å². The number of carbonyl (C=O) groups is 2. The predicted molar refractivity (Wildman–Crippen MR) is 130 cm³/mol. The number of rotatable bonds is 10. The molecular formula is C23H33BN2O5S. The van der Waals surface area contributed by atoms with Crippen molar-refractivity contribution in [3.05, 3.63) is 45.8 Å². The van der Waals surface area contributed by atoms with Gasteiger partial charge in [0.2, 0.25) is 0 Å². The molecule has 1 amide bonds. The van der Waals surface area contributed by atoms with Crippen molar-refractivity contribution in [2.24, 2.45) is 0 Å². The van der Waals surface area contributed by atoms with Gasteiger partial charge in [-0.25, -0.2) is 4.79 Å². The summed E-state index contributed by atoms with van der Waals surface area (Å²) in [6.45, 7) is 12.6. The Bertz CT molecular complexity index is 956. The molecule has 1 aromatic heterocycles. The second-order valence-electron chi connectivity index (χ2n) is 8.56. The maximum absolute atomic E-state index is 13.1. The number of hydrogen-bond acceptors (Lipinski definition) is 7. The van der Waals surface area contributed by atoms with E-state index in [-0.39, 0.29) is 22.7 Å². The molecule has 9 heteroatoms. The van der Waals surface area contributed by atoms with E-state index in [2.05, 4.69) is 24.5 Å². The number of esters is 1. The number of benzene rings is 1. The van der Waals surface area contributed by atoms with Crippen molar-refractivity contribution in [3.63, 3.8) is 0 Å². The molecule has 0 aliphatic rings. The summed E-state index contributed by atoms with van der Waals surface area (Å²) in [6.07, 6.45) is 1.02. The lowest BCUT2D eigenvalue weighted by Gasteiger charge is -2.26. The normalized spacial score (nSPS) is 11.5. The maximum Gasteiger partial charge on any atom is 0.488 e. The maximum atomic E-state index is 13.1. The van der Waals surface area contributed by atoms with Crippen LogP contribution in [0.4, 0.5) is 5.00 Å². The molecule has 0 radical (unpaired) electrons. The van der Waals surface area contributed by atoms with E-state index in [4.69, 9.17) is 4.74 Å². The van der Waals surface area contributed by atoms with Crippen molar-refractivity contribution in [2.75, 3.05) is 11.9 Å². The molecular weight excluding hydrogens is 427 g/mol. The zero-order valence-electron chi connectivity index (χ0n) is 19.6. The number of thiophene rings is 1. The van der Waals surface area contributed by atoms with Gasteiger partial charge >= 0.3 is 13.1 Å². The summed E-state index contributed by atoms with van der Waals surface area (Å²) in [5, 5.41) is 25.5. The van der Waals surface area contributed by atoms with E-state index in [1.807, 2.05) is 13.8 Å². The fourth-order valence-electron chi connectivity index (χ4n) is 3.56. The molecule has 4 N–H and O–H groups in total. The molecule has 0 aliphatic heterocycles. The highest BCUT2D eigenvalue weighted by molar-refractivity contribution is 7.17. The molecule has 0 fully saturated rings. The van der Waals surface area contributed by atoms with Gasteiger partial charge in [0, 0.05) is 16.0 Å². The summed E-state index contributed by atoms with van der Waals surface area (Å²) in [7, 11) is -1.67. The first kappa shape index (κ1) is 26.1. The van der Waals surface area contributed by atoms with Gasteiger partial charge in [-0.2, -0.15) is 0 Å². The van der Waals surface area contributed by atoms with Crippen LogP contribution >= 0.6 is 11.3 Å². The van der Waals surface area contributed by atoms with Gasteiger partial charge in [-0.05, 0) is 70.2 Å². The van der Waals surface area contributed by atoms with Gasteiger partial charge in [-0.3, -0.25) is 4.79 Å². The van der Waals surface area contributed by atoms with Crippen LogP contribution in [-0.2, 0) is 17.6 Å². The Morgan fingerprint density at radius 1 is 1.22 bits per heavy atom. The molecule has 0 atom stereocenters. The van der Waals surface area contributed by atoms with Gasteiger partial charge in [0.1, 0.15) is 5.00 Å². The van der Waals surface area contributed by atoms with E-state index < -0.39 is 19.0 Å². The van der Waals surface area contributed by atoms with E-state index >= 15 is 0 Å². The first-order chi connectivity index (χ1) is 15.0. The fraction of sp³-hybridized carbons (Fsp3) is 0.478. The zero-order chi connectivity index (χ0) is 24.1. The lowest BCUT2D eigenvalue weighted by molar-refractivity contribution is 0.0378. The largest absolute Gasteiger partial charge is 0.488 e. The molecule has 0 unspecified atom stereocenters. The van der Waals surface area contributed by atoms with Gasteiger partial charge in [-0.1, -0.05) is 26.0 Å². The summed E-state index contributed by atoms with van der Waals surface area (Å²) in [4.78, 5) is 27.0. The molecule has 0 saturated carbocycles. The van der Waals surface area contributed by atoms with Crippen molar-refractivity contribution in [3.8, 4) is 0 Å². The van der Waals surface area contributed by atoms with Gasteiger partial charge in [0.05, 0.1) is 11.7 Å². The molecule has 32 heavy (non-hydrogen) atoms. The minimum absolute atomic E-state index is 0.214. The standard InChI is InChI=1S/C23H33BN2O5S/c1-7-18-17(13-23(5,6)25-8-2)19(22(28)31-14(3)4)21(32-18)26-20(27)15-10-9-11-16(12-15)24(29)30/h9-12,14,25,29-30H,7-8,13H2,1-6H3,(H,26,27). The van der Waals surface area contributed by atoms with E-state index in [0.29, 0.717) is 23.4 Å². The van der Waals surface area contributed by atoms with Crippen LogP contribution in [-0.4, -0.2) is 47.2 Å². The molecule has 7 nitrogen and oxygen atoms in total. The summed E-state index contributed by atoms with van der Waals surface area (Å²) in [5.41, 5.74) is 1.49. The molecule has 174 valence electrons. The average Bonchev–Trinajstić information content (AvgIpc) is 3.03. The van der Waals surface area contributed by atoms with Crippen molar-refractivity contribution < 1.29 is 24.4 Å². The molecule has 1 aromatic carbocycles. The van der Waals surface area contributed by atoms with Crippen molar-refractivity contribution in [2.45, 2.75) is 66.0 Å². The predicted octanol–water partition coefficient (Wildman–Crippen LogP) is 2.74. The highest BCUT2D eigenvalue weighted by Crippen LogP contribution is 2.37. The van der Waals surface area contributed by atoms with E-state index in [1.165, 1.54) is 23.5 Å². The van der Waals surface area contributed by atoms with Crippen LogP contribution in [0.15, 0.2) is 24.3 Å². The zero-order valence-corrected chi connectivity index (χ0v) is 20.4. The SMILES string of the molecule is CCNC(C)(C)Cc1c(CC)sc(NC(=O)c2cccc(B(O)O)c2)c1C(=O)OC(C)C. The first-order valence-electron chi connectivity index (χ1n) is 10.9. The van der Waals surface area contributed by atoms with Crippen LogP contribution in [0.3, 0.4) is 0 Å². The Hall–Kier alpha value is -2.20. The second kappa shape index (κ2) is 11.1. The number of hydrogen-bond donors (Lipinski definition) is 4. The molecule has 0 bridgehead atoms. The third-order valence-corrected chi connectivity index (χ3v) is 6.20. The number of amides is 1. The highest BCUT2D eigenvalue weighted by atomic mass is 32.1. The highest BCUT2D eigenvalue weighted by Gasteiger charge is 2.30. The number of carbonyl (C=O) groups excluding carboxylic acids is 2. The Morgan fingerprint density at radius 2 is 1.91 bits per heavy atom. The Morgan fingerprint density at radius 3 is 2.47 bits per heavy atom. The summed E-state index contributed by atoms with van der Waals surface area (Å²) in [6, 6.07) is 6.09. The first-order valence-corrected chi connectivity index (χ1v) is 11.7. The van der Waals surface area contributed by atoms with Gasteiger partial charge in [0.25, 0.3) is 5.91 Å². The quantitative estimate of drug-likeness (QED) is 0.321. The average molecular weight is 460 g/mol. The second-order valence-corrected chi connectivity index (χ2v) is 9.66. The van der Waals surface area contributed by atoms with Crippen LogP contribution < -0.4 is 16.1 Å². The topological polar surface area (TPSA) is 108 Å². The molecule has 2 aromatic rings. The van der Waals surface area contributed by atoms with E-state index in [1.54, 1.807) is 26.0 Å². The molecule has 0 saturated heterocycles. The van der Waals surface area contributed by atoms with Crippen molar-refractivity contribution >= 4 is 40.8 Å². The Balaban J connectivity index is 2.50. The van der Waals surface area contributed by atoms with Crippen molar-refractivity contribution in [1.29, 1.82) is 0 Å². The van der Waals surface area contributed by atoms with Gasteiger partial charge < -0.3 is 25.4 Å². The fourth-order valence-corrected chi connectivity index (χ4v) is 4.70. The summed E-state index contributed by atoms with van der Waals surface area (Å²) >= 11 is 1.37. The molecule has 0 aliphatic carbocycles. The van der Waals surface area contributed by atoms with E-state index in [0.717, 1.165) is 17.0 Å². The monoisotopic (exact) mass is 460 g/mol. The van der Waals surface area contributed by atoms with Crippen LogP contribution in [0, 0.1) is 0 Å². The smallest absolute Gasteiger partial charge is 0.459 e. The van der Waals surface area contributed by atoms with Crippen LogP contribution in [0.1, 0.15) is 72.7 Å². The van der Waals surface area contributed by atoms with Gasteiger partial charge in [0.15, 0.2) is 0 Å². The molecule has 2 rings (SSSR count). The number of likely N-dealkylation sites (N-methyl/N-ethyl adjacent to an activating group) is 1. The minimum atomic E-state index is -1.67. The number of nitrogens with one attached hydrogen (secondary N) is 2. The Kier molecular flexibility index (Phi) is 9.03. The van der Waals surface area contributed by atoms with E-state index in [9.17, 15) is 19.6 Å².